The van der Waals surface area contributed by atoms with Crippen LogP contribution < -0.4 is 0 Å². The quantitative estimate of drug-likeness (QED) is 0.267. The second-order valence-electron chi connectivity index (χ2n) is 8.94. The third-order valence-corrected chi connectivity index (χ3v) is 8.14. The normalized spacial score (nSPS) is 25.3. The molecule has 2 unspecified atom stereocenters. The molecule has 2 saturated heterocycles. The number of fused-ring (bicyclic) bond motifs is 2. The highest BCUT2D eigenvalue weighted by atomic mass is 32.2. The Morgan fingerprint density at radius 3 is 1.69 bits per heavy atom. The molecule has 0 aromatic carbocycles. The van der Waals surface area contributed by atoms with Gasteiger partial charge in [-0.1, -0.05) is 90.4 Å². The fourth-order valence-electron chi connectivity index (χ4n) is 4.84. The molecule has 0 amide bonds. The first kappa shape index (κ1) is 22.3. The number of hydrogen-bond acceptors (Lipinski definition) is 2. The SMILES string of the molecule is CCCCCCCCCCCCCCCC(=O)C1CC2CCCC(C1)S2. The molecule has 2 rings (SSSR count). The van der Waals surface area contributed by atoms with Crippen molar-refractivity contribution in [3.8, 4) is 0 Å². The minimum absolute atomic E-state index is 0.420. The lowest BCUT2D eigenvalue weighted by Crippen LogP contribution is -2.32. The van der Waals surface area contributed by atoms with Gasteiger partial charge in [0.1, 0.15) is 5.78 Å². The molecular formula is C24H44OS. The third-order valence-electron chi connectivity index (χ3n) is 6.51. The van der Waals surface area contributed by atoms with Gasteiger partial charge < -0.3 is 0 Å². The average Bonchev–Trinajstić information content (AvgIpc) is 2.65. The molecule has 0 aliphatic carbocycles. The Kier molecular flexibility index (Phi) is 12.1. The predicted octanol–water partition coefficient (Wildman–Crippen LogP) is 8.10. The lowest BCUT2D eigenvalue weighted by molar-refractivity contribution is -0.123. The molecule has 152 valence electrons. The average molecular weight is 381 g/mol. The first-order chi connectivity index (χ1) is 12.8. The van der Waals surface area contributed by atoms with Crippen LogP contribution in [0.3, 0.4) is 0 Å². The third kappa shape index (κ3) is 9.29. The molecule has 0 radical (unpaired) electrons. The summed E-state index contributed by atoms with van der Waals surface area (Å²) in [7, 11) is 0. The van der Waals surface area contributed by atoms with E-state index in [1.807, 2.05) is 0 Å². The van der Waals surface area contributed by atoms with Gasteiger partial charge in [-0.25, -0.2) is 0 Å². The van der Waals surface area contributed by atoms with Crippen molar-refractivity contribution in [3.63, 3.8) is 0 Å². The van der Waals surface area contributed by atoms with Crippen molar-refractivity contribution in [1.29, 1.82) is 0 Å². The highest BCUT2D eigenvalue weighted by Gasteiger charge is 2.35. The first-order valence-electron chi connectivity index (χ1n) is 12.0. The maximum atomic E-state index is 12.5. The molecule has 2 bridgehead atoms. The standard InChI is InChI=1S/C24H44OS/c1-2-3-4-5-6-7-8-9-10-11-12-13-14-18-24(25)21-19-22-16-15-17-23(20-21)26-22/h21-23H,2-20H2,1H3. The highest BCUT2D eigenvalue weighted by molar-refractivity contribution is 8.00. The van der Waals surface area contributed by atoms with Crippen LogP contribution in [0.25, 0.3) is 0 Å². The van der Waals surface area contributed by atoms with Gasteiger partial charge in [-0.3, -0.25) is 4.79 Å². The Morgan fingerprint density at radius 1 is 0.731 bits per heavy atom. The fraction of sp³-hybridized carbons (Fsp3) is 0.958. The van der Waals surface area contributed by atoms with Crippen molar-refractivity contribution in [2.24, 2.45) is 5.92 Å². The zero-order valence-corrected chi connectivity index (χ0v) is 18.3. The number of thioether (sulfide) groups is 1. The van der Waals surface area contributed by atoms with E-state index >= 15 is 0 Å². The minimum atomic E-state index is 0.420. The predicted molar refractivity (Wildman–Crippen MR) is 117 cm³/mol. The summed E-state index contributed by atoms with van der Waals surface area (Å²) < 4.78 is 0. The van der Waals surface area contributed by atoms with E-state index in [-0.39, 0.29) is 0 Å². The van der Waals surface area contributed by atoms with Crippen molar-refractivity contribution in [2.45, 2.75) is 139 Å². The Morgan fingerprint density at radius 2 is 1.19 bits per heavy atom. The van der Waals surface area contributed by atoms with E-state index in [1.165, 1.54) is 109 Å². The summed E-state index contributed by atoms with van der Waals surface area (Å²) in [6.07, 6.45) is 25.4. The zero-order chi connectivity index (χ0) is 18.5. The Balaban J connectivity index is 1.36. The maximum absolute atomic E-state index is 12.5. The van der Waals surface area contributed by atoms with Crippen LogP contribution in [0.1, 0.15) is 129 Å². The highest BCUT2D eigenvalue weighted by Crippen LogP contribution is 2.44. The van der Waals surface area contributed by atoms with Crippen LogP contribution in [0.5, 0.6) is 0 Å². The molecule has 2 aliphatic rings. The van der Waals surface area contributed by atoms with Crippen LogP contribution in [0.4, 0.5) is 0 Å². The number of carbonyl (C=O) groups excluding carboxylic acids is 1. The molecule has 2 aliphatic heterocycles. The number of carbonyl (C=O) groups is 1. The summed E-state index contributed by atoms with van der Waals surface area (Å²) in [6.45, 7) is 2.29. The smallest absolute Gasteiger partial charge is 0.136 e. The van der Waals surface area contributed by atoms with Crippen LogP contribution in [0.2, 0.25) is 0 Å². The molecule has 2 atom stereocenters. The number of rotatable bonds is 15. The van der Waals surface area contributed by atoms with Crippen molar-refractivity contribution < 1.29 is 4.79 Å². The van der Waals surface area contributed by atoms with Gasteiger partial charge in [0.05, 0.1) is 0 Å². The molecular weight excluding hydrogens is 336 g/mol. The van der Waals surface area contributed by atoms with Gasteiger partial charge in [0.15, 0.2) is 0 Å². The molecule has 0 saturated carbocycles. The van der Waals surface area contributed by atoms with Crippen LogP contribution in [0, 0.1) is 5.92 Å². The Hall–Kier alpha value is 0.0200. The summed E-state index contributed by atoms with van der Waals surface area (Å²) in [5.41, 5.74) is 0. The molecule has 2 fully saturated rings. The number of hydrogen-bond donors (Lipinski definition) is 0. The lowest BCUT2D eigenvalue weighted by atomic mass is 9.85. The van der Waals surface area contributed by atoms with Gasteiger partial charge in [-0.15, -0.1) is 0 Å². The minimum Gasteiger partial charge on any atom is -0.299 e. The molecule has 2 heterocycles. The second kappa shape index (κ2) is 14.1. The molecule has 2 heteroatoms. The van der Waals surface area contributed by atoms with Gasteiger partial charge >= 0.3 is 0 Å². The Bertz CT molecular complexity index is 355. The summed E-state index contributed by atoms with van der Waals surface area (Å²) in [5.74, 6) is 1.02. The number of unbranched alkanes of at least 4 members (excludes halogenated alkanes) is 12. The summed E-state index contributed by atoms with van der Waals surface area (Å²) >= 11 is 2.19. The van der Waals surface area contributed by atoms with E-state index in [0.717, 1.165) is 23.3 Å². The molecule has 0 spiro atoms. The molecule has 26 heavy (non-hydrogen) atoms. The molecule has 0 N–H and O–H groups in total. The number of Topliss-reactive ketones (excluding diaryl/α,β-unsaturated/α-hetero) is 1. The topological polar surface area (TPSA) is 17.1 Å². The van der Waals surface area contributed by atoms with E-state index < -0.39 is 0 Å². The summed E-state index contributed by atoms with van der Waals surface area (Å²) in [4.78, 5) is 12.5. The lowest BCUT2D eigenvalue weighted by Gasteiger charge is -2.38. The van der Waals surface area contributed by atoms with E-state index in [4.69, 9.17) is 0 Å². The summed E-state index contributed by atoms with van der Waals surface area (Å²) in [6, 6.07) is 0. The van der Waals surface area contributed by atoms with Crippen molar-refractivity contribution in [2.75, 3.05) is 0 Å². The molecule has 0 aromatic heterocycles. The Labute approximate surface area is 167 Å². The monoisotopic (exact) mass is 380 g/mol. The number of ketones is 1. The largest absolute Gasteiger partial charge is 0.299 e. The first-order valence-corrected chi connectivity index (χ1v) is 12.9. The van der Waals surface area contributed by atoms with E-state index in [9.17, 15) is 4.79 Å². The van der Waals surface area contributed by atoms with Crippen LogP contribution in [-0.4, -0.2) is 16.3 Å². The van der Waals surface area contributed by atoms with E-state index in [1.54, 1.807) is 0 Å². The molecule has 0 aromatic rings. The van der Waals surface area contributed by atoms with Gasteiger partial charge in [0.2, 0.25) is 0 Å². The van der Waals surface area contributed by atoms with Crippen LogP contribution in [-0.2, 0) is 4.79 Å². The van der Waals surface area contributed by atoms with Crippen molar-refractivity contribution >= 4 is 17.5 Å². The second-order valence-corrected chi connectivity index (χ2v) is 10.5. The van der Waals surface area contributed by atoms with E-state index in [2.05, 4.69) is 18.7 Å². The van der Waals surface area contributed by atoms with Crippen molar-refractivity contribution in [3.05, 3.63) is 0 Å². The fourth-order valence-corrected chi connectivity index (χ4v) is 6.68. The maximum Gasteiger partial charge on any atom is 0.136 e. The van der Waals surface area contributed by atoms with Gasteiger partial charge in [0, 0.05) is 22.8 Å². The van der Waals surface area contributed by atoms with Crippen LogP contribution in [0.15, 0.2) is 0 Å². The van der Waals surface area contributed by atoms with Crippen LogP contribution >= 0.6 is 11.8 Å². The molecule has 1 nitrogen and oxygen atoms in total. The van der Waals surface area contributed by atoms with Gasteiger partial charge in [0.25, 0.3) is 0 Å². The van der Waals surface area contributed by atoms with Gasteiger partial charge in [-0.05, 0) is 32.1 Å². The van der Waals surface area contributed by atoms with E-state index in [0.29, 0.717) is 11.7 Å². The summed E-state index contributed by atoms with van der Waals surface area (Å²) in [5, 5.41) is 1.62. The van der Waals surface area contributed by atoms with Gasteiger partial charge in [-0.2, -0.15) is 11.8 Å². The van der Waals surface area contributed by atoms with Crippen molar-refractivity contribution in [1.82, 2.24) is 0 Å². The zero-order valence-electron chi connectivity index (χ0n) is 17.5.